The molecule has 0 aromatic heterocycles. The number of hydrogen-bond acceptors (Lipinski definition) is 3. The number of anilines is 1. The smallest absolute Gasteiger partial charge is 0.368 e. The van der Waals surface area contributed by atoms with Crippen molar-refractivity contribution in [3.63, 3.8) is 0 Å². The average molecular weight is 355 g/mol. The van der Waals surface area contributed by atoms with Crippen LogP contribution in [-0.2, 0) is 11.0 Å². The molecule has 1 amide bonds. The molecule has 2 atom stereocenters. The molecule has 0 radical (unpaired) electrons. The van der Waals surface area contributed by atoms with E-state index in [0.717, 1.165) is 37.2 Å². The molecular weight excluding hydrogens is 331 g/mol. The molecule has 1 aromatic rings. The maximum Gasteiger partial charge on any atom is 0.416 e. The summed E-state index contributed by atoms with van der Waals surface area (Å²) in [5, 5.41) is 3.35. The predicted molar refractivity (Wildman–Crippen MR) is 90.4 cm³/mol. The van der Waals surface area contributed by atoms with E-state index in [1.807, 2.05) is 9.80 Å². The zero-order valence-electron chi connectivity index (χ0n) is 14.4. The summed E-state index contributed by atoms with van der Waals surface area (Å²) < 4.78 is 37.9. The Bertz CT molecular complexity index is 595. The third-order valence-electron chi connectivity index (χ3n) is 5.12. The van der Waals surface area contributed by atoms with Crippen LogP contribution in [0.4, 0.5) is 18.9 Å². The molecule has 1 aromatic carbocycles. The second-order valence-corrected chi connectivity index (χ2v) is 6.93. The van der Waals surface area contributed by atoms with Gasteiger partial charge in [0.05, 0.1) is 5.56 Å². The predicted octanol–water partition coefficient (Wildman–Crippen LogP) is 2.74. The van der Waals surface area contributed by atoms with Crippen LogP contribution < -0.4 is 10.2 Å². The Kier molecular flexibility index (Phi) is 5.22. The molecule has 1 N–H and O–H groups in total. The van der Waals surface area contributed by atoms with Gasteiger partial charge < -0.3 is 15.1 Å². The van der Waals surface area contributed by atoms with Crippen LogP contribution in [0.15, 0.2) is 24.3 Å². The number of nitrogens with zero attached hydrogens (tertiary/aromatic N) is 2. The minimum Gasteiger partial charge on any atom is -0.368 e. The summed E-state index contributed by atoms with van der Waals surface area (Å²) >= 11 is 0. The number of rotatable bonds is 2. The van der Waals surface area contributed by atoms with Crippen molar-refractivity contribution in [1.82, 2.24) is 10.2 Å². The van der Waals surface area contributed by atoms with Crippen LogP contribution in [0, 0.1) is 5.92 Å². The van der Waals surface area contributed by atoms with E-state index in [4.69, 9.17) is 0 Å². The standard InChI is InChI=1S/C18H24F3N3O/c1-13-12-14(6-7-22-13)17(25)24-10-8-23(9-11-24)16-4-2-15(3-5-16)18(19,20)21/h2-5,13-14,22H,6-12H2,1H3/t13-,14-/m0/s1. The summed E-state index contributed by atoms with van der Waals surface area (Å²) in [7, 11) is 0. The Morgan fingerprint density at radius 3 is 2.32 bits per heavy atom. The van der Waals surface area contributed by atoms with Gasteiger partial charge in [0.2, 0.25) is 5.91 Å². The second kappa shape index (κ2) is 7.23. The van der Waals surface area contributed by atoms with E-state index in [-0.39, 0.29) is 11.8 Å². The van der Waals surface area contributed by atoms with E-state index in [2.05, 4.69) is 12.2 Å². The number of benzene rings is 1. The molecule has 0 aliphatic carbocycles. The quantitative estimate of drug-likeness (QED) is 0.886. The van der Waals surface area contributed by atoms with Gasteiger partial charge in [-0.15, -0.1) is 0 Å². The number of halogens is 3. The highest BCUT2D eigenvalue weighted by molar-refractivity contribution is 5.79. The molecule has 0 saturated carbocycles. The number of nitrogens with one attached hydrogen (secondary N) is 1. The first-order chi connectivity index (χ1) is 11.8. The number of carbonyl (C=O) groups is 1. The van der Waals surface area contributed by atoms with Crippen molar-refractivity contribution < 1.29 is 18.0 Å². The lowest BCUT2D eigenvalue weighted by Crippen LogP contribution is -2.52. The molecule has 2 aliphatic rings. The van der Waals surface area contributed by atoms with Gasteiger partial charge in [0.15, 0.2) is 0 Å². The highest BCUT2D eigenvalue weighted by Gasteiger charge is 2.32. The molecule has 2 aliphatic heterocycles. The number of alkyl halides is 3. The minimum absolute atomic E-state index is 0.0915. The molecule has 4 nitrogen and oxygen atoms in total. The minimum atomic E-state index is -4.31. The van der Waals surface area contributed by atoms with Crippen LogP contribution in [0.3, 0.4) is 0 Å². The van der Waals surface area contributed by atoms with Crippen LogP contribution in [0.2, 0.25) is 0 Å². The van der Waals surface area contributed by atoms with E-state index in [1.54, 1.807) is 0 Å². The number of piperidine rings is 1. The van der Waals surface area contributed by atoms with Crippen molar-refractivity contribution in [3.05, 3.63) is 29.8 Å². The van der Waals surface area contributed by atoms with Gasteiger partial charge in [-0.3, -0.25) is 4.79 Å². The summed E-state index contributed by atoms with van der Waals surface area (Å²) in [6.07, 6.45) is -2.56. The summed E-state index contributed by atoms with van der Waals surface area (Å²) in [5.74, 6) is 0.314. The average Bonchev–Trinajstić information content (AvgIpc) is 2.61. The molecule has 7 heteroatoms. The van der Waals surface area contributed by atoms with Gasteiger partial charge in [-0.05, 0) is 50.6 Å². The zero-order valence-corrected chi connectivity index (χ0v) is 14.4. The van der Waals surface area contributed by atoms with Crippen LogP contribution in [-0.4, -0.2) is 49.6 Å². The third-order valence-corrected chi connectivity index (χ3v) is 5.12. The van der Waals surface area contributed by atoms with Crippen molar-refractivity contribution in [2.24, 2.45) is 5.92 Å². The summed E-state index contributed by atoms with van der Waals surface area (Å²) in [4.78, 5) is 16.6. The summed E-state index contributed by atoms with van der Waals surface area (Å²) in [5.41, 5.74) is 0.140. The van der Waals surface area contributed by atoms with E-state index < -0.39 is 11.7 Å². The first-order valence-electron chi connectivity index (χ1n) is 8.79. The Morgan fingerprint density at radius 1 is 1.12 bits per heavy atom. The maximum atomic E-state index is 12.7. The topological polar surface area (TPSA) is 35.6 Å². The Morgan fingerprint density at radius 2 is 1.76 bits per heavy atom. The lowest BCUT2D eigenvalue weighted by Gasteiger charge is -2.39. The van der Waals surface area contributed by atoms with Crippen molar-refractivity contribution in [2.45, 2.75) is 32.0 Å². The van der Waals surface area contributed by atoms with Gasteiger partial charge >= 0.3 is 6.18 Å². The van der Waals surface area contributed by atoms with Crippen LogP contribution in [0.1, 0.15) is 25.3 Å². The molecule has 0 unspecified atom stereocenters. The Hall–Kier alpha value is -1.76. The molecule has 0 bridgehead atoms. The molecule has 25 heavy (non-hydrogen) atoms. The molecule has 3 rings (SSSR count). The van der Waals surface area contributed by atoms with E-state index in [1.165, 1.54) is 12.1 Å². The molecule has 138 valence electrons. The van der Waals surface area contributed by atoms with Crippen molar-refractivity contribution in [2.75, 3.05) is 37.6 Å². The number of piperazine rings is 1. The zero-order chi connectivity index (χ0) is 18.0. The molecule has 0 spiro atoms. The first-order valence-corrected chi connectivity index (χ1v) is 8.79. The Balaban J connectivity index is 1.55. The van der Waals surface area contributed by atoms with Gasteiger partial charge in [-0.2, -0.15) is 13.2 Å². The number of hydrogen-bond donors (Lipinski definition) is 1. The summed E-state index contributed by atoms with van der Waals surface area (Å²) in [6.45, 7) is 5.52. The van der Waals surface area contributed by atoms with Gasteiger partial charge in [0.1, 0.15) is 0 Å². The summed E-state index contributed by atoms with van der Waals surface area (Å²) in [6, 6.07) is 5.62. The van der Waals surface area contributed by atoms with Crippen LogP contribution in [0.25, 0.3) is 0 Å². The molecule has 2 heterocycles. The Labute approximate surface area is 146 Å². The fraction of sp³-hybridized carbons (Fsp3) is 0.611. The lowest BCUT2D eigenvalue weighted by atomic mass is 9.92. The van der Waals surface area contributed by atoms with Crippen molar-refractivity contribution in [3.8, 4) is 0 Å². The molecule has 2 fully saturated rings. The highest BCUT2D eigenvalue weighted by Crippen LogP contribution is 2.30. The third kappa shape index (κ3) is 4.26. The van der Waals surface area contributed by atoms with E-state index in [9.17, 15) is 18.0 Å². The van der Waals surface area contributed by atoms with Crippen LogP contribution >= 0.6 is 0 Å². The van der Waals surface area contributed by atoms with Gasteiger partial charge in [0, 0.05) is 43.8 Å². The second-order valence-electron chi connectivity index (χ2n) is 6.93. The van der Waals surface area contributed by atoms with Gasteiger partial charge in [-0.1, -0.05) is 0 Å². The lowest BCUT2D eigenvalue weighted by molar-refractivity contribution is -0.138. The monoisotopic (exact) mass is 355 g/mol. The number of amides is 1. The van der Waals surface area contributed by atoms with Gasteiger partial charge in [-0.25, -0.2) is 0 Å². The van der Waals surface area contributed by atoms with E-state index >= 15 is 0 Å². The molecule has 2 saturated heterocycles. The molecular formula is C18H24F3N3O. The number of carbonyl (C=O) groups excluding carboxylic acids is 1. The van der Waals surface area contributed by atoms with Crippen LogP contribution in [0.5, 0.6) is 0 Å². The largest absolute Gasteiger partial charge is 0.416 e. The SMILES string of the molecule is C[C@H]1C[C@@H](C(=O)N2CCN(c3ccc(C(F)(F)F)cc3)CC2)CCN1. The van der Waals surface area contributed by atoms with Crippen molar-refractivity contribution >= 4 is 11.6 Å². The maximum absolute atomic E-state index is 12.7. The normalized spacial score (nSPS) is 25.1. The fourth-order valence-corrected chi connectivity index (χ4v) is 3.66. The van der Waals surface area contributed by atoms with Gasteiger partial charge in [0.25, 0.3) is 0 Å². The van der Waals surface area contributed by atoms with E-state index in [0.29, 0.717) is 32.2 Å². The highest BCUT2D eigenvalue weighted by atomic mass is 19.4. The van der Waals surface area contributed by atoms with Crippen molar-refractivity contribution in [1.29, 1.82) is 0 Å². The fourth-order valence-electron chi connectivity index (χ4n) is 3.66. The first kappa shape index (κ1) is 18.0.